The van der Waals surface area contributed by atoms with Crippen molar-refractivity contribution in [3.63, 3.8) is 0 Å². The van der Waals surface area contributed by atoms with E-state index in [9.17, 15) is 0 Å². The Kier molecular flexibility index (Phi) is 7.60. The fourth-order valence-electron chi connectivity index (χ4n) is 15.8. The Bertz CT molecular complexity index is 3450. The summed E-state index contributed by atoms with van der Waals surface area (Å²) in [7, 11) is -2.21. The maximum atomic E-state index is 2.81. The first kappa shape index (κ1) is 40.3. The maximum absolute atomic E-state index is 2.81. The van der Waals surface area contributed by atoms with Gasteiger partial charge in [-0.15, -0.1) is 0 Å². The molecule has 0 radical (unpaired) electrons. The van der Waals surface area contributed by atoms with Gasteiger partial charge in [-0.05, 0) is 141 Å². The molecule has 336 valence electrons. The van der Waals surface area contributed by atoms with Crippen LogP contribution in [0.5, 0.6) is 0 Å². The molecule has 0 aromatic heterocycles. The molecule has 1 fully saturated rings. The van der Waals surface area contributed by atoms with Crippen LogP contribution in [0.25, 0.3) is 22.3 Å². The Balaban J connectivity index is 1.06. The Hall–Kier alpha value is -6.56. The monoisotopic (exact) mass is 907 g/mol. The van der Waals surface area contributed by atoms with Crippen LogP contribution < -0.4 is 41.5 Å². The standard InChI is InChI=1S/C64H58BN3Si/c1-61(2)46-21-11-9-19-42(46)44-31-29-39(35-49(44)61)66-52-25-17-27-56-59(52)65-58-54(66)37-41(68-51-24-14-13-23-48(51)63(5)33-15-16-34-64(63,68)6)38-55(58)67(53-26-18-28-57(60(53)65)69(56,7)8)40-30-32-45-43-20-10-12-22-47(43)62(3,4)50(45)36-40/h9-14,17-32,35-38H,15-16,33-34H2,1-8H3. The number of benzene rings is 8. The molecule has 69 heavy (non-hydrogen) atoms. The van der Waals surface area contributed by atoms with E-state index in [-0.39, 0.29) is 28.5 Å². The van der Waals surface area contributed by atoms with Crippen molar-refractivity contribution in [2.75, 3.05) is 14.7 Å². The van der Waals surface area contributed by atoms with Crippen molar-refractivity contribution in [2.45, 2.75) is 102 Å². The molecule has 3 nitrogen and oxygen atoms in total. The SMILES string of the molecule is CC1(C)c2ccccc2-c2ccc(N3c4cc(N5c6ccccc6C6(C)CCCCC56C)cc5c4B4c6c3cccc6[Si](C)(C)c3cccc(c34)N5c3ccc4c(c3)C(C)(C)c3ccccc3-4)cc21. The zero-order valence-corrected chi connectivity index (χ0v) is 42.3. The summed E-state index contributed by atoms with van der Waals surface area (Å²) in [5, 5.41) is 3.14. The fourth-order valence-corrected chi connectivity index (χ4v) is 19.0. The Morgan fingerprint density at radius 2 is 0.870 bits per heavy atom. The van der Waals surface area contributed by atoms with Crippen molar-refractivity contribution in [1.29, 1.82) is 0 Å². The van der Waals surface area contributed by atoms with Crippen molar-refractivity contribution in [3.05, 3.63) is 186 Å². The van der Waals surface area contributed by atoms with Gasteiger partial charge in [0.05, 0.1) is 5.54 Å². The predicted molar refractivity (Wildman–Crippen MR) is 295 cm³/mol. The van der Waals surface area contributed by atoms with Gasteiger partial charge >= 0.3 is 0 Å². The molecule has 8 aromatic rings. The number of hydrogen-bond donors (Lipinski definition) is 0. The van der Waals surface area contributed by atoms with Crippen molar-refractivity contribution in [1.82, 2.24) is 0 Å². The number of nitrogens with zero attached hydrogens (tertiary/aromatic N) is 3. The van der Waals surface area contributed by atoms with Gasteiger partial charge in [-0.3, -0.25) is 0 Å². The summed E-state index contributed by atoms with van der Waals surface area (Å²) in [6, 6.07) is 62.4. The third kappa shape index (κ3) is 4.72. The van der Waals surface area contributed by atoms with Crippen LogP contribution in [-0.2, 0) is 16.2 Å². The molecule has 8 aromatic carbocycles. The lowest BCUT2D eigenvalue weighted by Gasteiger charge is -2.52. The predicted octanol–water partition coefficient (Wildman–Crippen LogP) is 13.3. The Morgan fingerprint density at radius 3 is 1.42 bits per heavy atom. The van der Waals surface area contributed by atoms with Crippen molar-refractivity contribution < 1.29 is 0 Å². The van der Waals surface area contributed by atoms with Crippen molar-refractivity contribution >= 4 is 87.0 Å². The second-order valence-electron chi connectivity index (χ2n) is 23.6. The largest absolute Gasteiger partial charge is 0.334 e. The maximum Gasteiger partial charge on any atom is 0.251 e. The Morgan fingerprint density at radius 1 is 0.406 bits per heavy atom. The molecular formula is C64H58BN3Si. The second kappa shape index (κ2) is 13.0. The normalized spacial score (nSPS) is 22.3. The minimum absolute atomic E-state index is 0.0259. The van der Waals surface area contributed by atoms with E-state index >= 15 is 0 Å². The van der Waals surface area contributed by atoms with E-state index in [4.69, 9.17) is 0 Å². The highest BCUT2D eigenvalue weighted by atomic mass is 28.3. The molecule has 0 spiro atoms. The first-order valence-corrected chi connectivity index (χ1v) is 28.7. The smallest absolute Gasteiger partial charge is 0.251 e. The second-order valence-corrected chi connectivity index (χ2v) is 27.9. The highest BCUT2D eigenvalue weighted by Crippen LogP contribution is 2.62. The van der Waals surface area contributed by atoms with E-state index in [0.717, 1.165) is 6.42 Å². The minimum atomic E-state index is -2.21. The molecule has 2 atom stereocenters. The third-order valence-corrected chi connectivity index (χ3v) is 22.9. The quantitative estimate of drug-likeness (QED) is 0.164. The van der Waals surface area contributed by atoms with E-state index < -0.39 is 8.07 Å². The summed E-state index contributed by atoms with van der Waals surface area (Å²) in [6.07, 6.45) is 4.85. The van der Waals surface area contributed by atoms with E-state index in [1.165, 1.54) is 131 Å². The van der Waals surface area contributed by atoms with Gasteiger partial charge in [-0.2, -0.15) is 0 Å². The van der Waals surface area contributed by atoms with Gasteiger partial charge < -0.3 is 14.7 Å². The molecule has 15 rings (SSSR count). The number of para-hydroxylation sites is 1. The van der Waals surface area contributed by atoms with Gasteiger partial charge in [0.15, 0.2) is 0 Å². The molecule has 7 aliphatic rings. The average molecular weight is 908 g/mol. The molecule has 4 heterocycles. The van der Waals surface area contributed by atoms with Gasteiger partial charge in [0.1, 0.15) is 8.07 Å². The summed E-state index contributed by atoms with van der Waals surface area (Å²) in [6.45, 7) is 20.2. The zero-order chi connectivity index (χ0) is 46.7. The first-order valence-electron chi connectivity index (χ1n) is 25.7. The molecule has 0 bridgehead atoms. The van der Waals surface area contributed by atoms with Crippen LogP contribution in [0, 0.1) is 0 Å². The summed E-state index contributed by atoms with van der Waals surface area (Å²) < 4.78 is 0. The summed E-state index contributed by atoms with van der Waals surface area (Å²) >= 11 is 0. The summed E-state index contributed by atoms with van der Waals surface area (Å²) in [4.78, 5) is 8.24. The summed E-state index contributed by atoms with van der Waals surface area (Å²) in [5.74, 6) is 0. The topological polar surface area (TPSA) is 9.72 Å². The lowest BCUT2D eigenvalue weighted by atomic mass is 9.33. The minimum Gasteiger partial charge on any atom is -0.334 e. The number of fused-ring (bicyclic) bond motifs is 9. The fraction of sp³-hybridized carbons (Fsp3) is 0.250. The number of anilines is 8. The zero-order valence-electron chi connectivity index (χ0n) is 41.3. The van der Waals surface area contributed by atoms with E-state index in [1.807, 2.05) is 0 Å². The highest BCUT2D eigenvalue weighted by molar-refractivity contribution is 7.16. The molecule has 4 aliphatic heterocycles. The number of hydrogen-bond acceptors (Lipinski definition) is 3. The number of rotatable bonds is 3. The van der Waals surface area contributed by atoms with E-state index in [1.54, 1.807) is 10.4 Å². The van der Waals surface area contributed by atoms with Gasteiger partial charge in [0, 0.05) is 61.7 Å². The van der Waals surface area contributed by atoms with Gasteiger partial charge in [-0.25, -0.2) is 0 Å². The molecule has 0 amide bonds. The Labute approximate surface area is 409 Å². The van der Waals surface area contributed by atoms with Crippen molar-refractivity contribution in [2.24, 2.45) is 0 Å². The molecule has 2 unspecified atom stereocenters. The van der Waals surface area contributed by atoms with Crippen LogP contribution in [0.1, 0.15) is 95.0 Å². The van der Waals surface area contributed by atoms with Crippen LogP contribution in [-0.4, -0.2) is 20.3 Å². The molecule has 5 heteroatoms. The lowest BCUT2D eigenvalue weighted by Crippen LogP contribution is -2.79. The molecule has 0 N–H and O–H groups in total. The molecule has 1 saturated carbocycles. The van der Waals surface area contributed by atoms with Crippen LogP contribution in [0.4, 0.5) is 45.5 Å². The van der Waals surface area contributed by atoms with E-state index in [0.29, 0.717) is 0 Å². The van der Waals surface area contributed by atoms with Crippen LogP contribution in [0.3, 0.4) is 0 Å². The van der Waals surface area contributed by atoms with Crippen molar-refractivity contribution in [3.8, 4) is 22.3 Å². The molecular weight excluding hydrogens is 850 g/mol. The van der Waals surface area contributed by atoms with Gasteiger partial charge in [-0.1, -0.05) is 174 Å². The summed E-state index contributed by atoms with van der Waals surface area (Å²) in [5.41, 5.74) is 27.1. The van der Waals surface area contributed by atoms with Crippen LogP contribution in [0.15, 0.2) is 158 Å². The average Bonchev–Trinajstić information content (AvgIpc) is 3.83. The van der Waals surface area contributed by atoms with Gasteiger partial charge in [0.2, 0.25) is 0 Å². The molecule has 3 aliphatic carbocycles. The highest BCUT2D eigenvalue weighted by Gasteiger charge is 2.59. The van der Waals surface area contributed by atoms with Crippen LogP contribution >= 0.6 is 0 Å². The lowest BCUT2D eigenvalue weighted by molar-refractivity contribution is 0.195. The molecule has 0 saturated heterocycles. The van der Waals surface area contributed by atoms with Crippen LogP contribution in [0.2, 0.25) is 13.1 Å². The first-order chi connectivity index (χ1) is 33.2. The van der Waals surface area contributed by atoms with E-state index in [2.05, 4.69) is 227 Å². The third-order valence-electron chi connectivity index (χ3n) is 19.4. The van der Waals surface area contributed by atoms with Gasteiger partial charge in [0.25, 0.3) is 6.71 Å².